The third kappa shape index (κ3) is 4.69. The van der Waals surface area contributed by atoms with E-state index in [2.05, 4.69) is 5.32 Å². The van der Waals surface area contributed by atoms with Crippen molar-refractivity contribution in [3.05, 3.63) is 0 Å². The zero-order valence-electron chi connectivity index (χ0n) is 16.8. The topological polar surface area (TPSA) is 41.6 Å². The molecule has 4 nitrogen and oxygen atoms in total. The molecule has 0 radical (unpaired) electrons. The highest BCUT2D eigenvalue weighted by Gasteiger charge is 2.71. The maximum Gasteiger partial charge on any atom is 0.410 e. The Labute approximate surface area is 170 Å². The van der Waals surface area contributed by atoms with Gasteiger partial charge in [0.1, 0.15) is 5.60 Å². The van der Waals surface area contributed by atoms with E-state index in [0.29, 0.717) is 38.8 Å². The fourth-order valence-corrected chi connectivity index (χ4v) is 4.20. The molecule has 4 fully saturated rings. The van der Waals surface area contributed by atoms with Gasteiger partial charge < -0.3 is 15.0 Å². The van der Waals surface area contributed by atoms with Gasteiger partial charge in [-0.25, -0.2) is 22.4 Å². The lowest BCUT2D eigenvalue weighted by atomic mass is 9.93. The highest BCUT2D eigenvalue weighted by molar-refractivity contribution is 5.85. The first kappa shape index (κ1) is 23.5. The number of rotatable bonds is 0. The molecule has 2 aliphatic carbocycles. The first-order valence-corrected chi connectivity index (χ1v) is 9.76. The molecule has 2 saturated carbocycles. The lowest BCUT2D eigenvalue weighted by Gasteiger charge is -2.33. The van der Waals surface area contributed by atoms with Crippen molar-refractivity contribution in [1.82, 2.24) is 10.2 Å². The van der Waals surface area contributed by atoms with E-state index in [1.807, 2.05) is 0 Å². The number of hydrogen-bond donors (Lipinski definition) is 1. The van der Waals surface area contributed by atoms with Gasteiger partial charge in [0.2, 0.25) is 0 Å². The van der Waals surface area contributed by atoms with Crippen LogP contribution in [0.3, 0.4) is 0 Å². The molecule has 9 heteroatoms. The van der Waals surface area contributed by atoms with Crippen molar-refractivity contribution in [3.8, 4) is 0 Å². The summed E-state index contributed by atoms with van der Waals surface area (Å²) in [6.07, 6.45) is 1.85. The normalized spacial score (nSPS) is 27.9. The number of amides is 1. The Morgan fingerprint density at radius 1 is 0.893 bits per heavy atom. The van der Waals surface area contributed by atoms with Gasteiger partial charge in [-0.2, -0.15) is 0 Å². The number of alkyl halides is 4. The summed E-state index contributed by atoms with van der Waals surface area (Å²) in [5.74, 6) is -4.83. The molecule has 2 heterocycles. The summed E-state index contributed by atoms with van der Waals surface area (Å²) >= 11 is 0. The van der Waals surface area contributed by atoms with Crippen LogP contribution in [0.15, 0.2) is 0 Å². The number of ether oxygens (including phenoxy) is 1. The van der Waals surface area contributed by atoms with Crippen molar-refractivity contribution < 1.29 is 27.1 Å². The van der Waals surface area contributed by atoms with E-state index in [4.69, 9.17) is 4.74 Å². The molecule has 0 unspecified atom stereocenters. The summed E-state index contributed by atoms with van der Waals surface area (Å²) in [5.41, 5.74) is -1.92. The maximum atomic E-state index is 13.1. The number of carbonyl (C=O) groups excluding carboxylic acids is 1. The molecule has 0 aromatic heterocycles. The van der Waals surface area contributed by atoms with E-state index in [1.165, 1.54) is 4.90 Å². The molecule has 2 aliphatic heterocycles. The molecule has 164 valence electrons. The zero-order chi connectivity index (χ0) is 20.1. The van der Waals surface area contributed by atoms with Gasteiger partial charge in [-0.1, -0.05) is 0 Å². The average molecular weight is 431 g/mol. The molecule has 0 atom stereocenters. The van der Waals surface area contributed by atoms with E-state index >= 15 is 0 Å². The average Bonchev–Trinajstić information content (AvgIpc) is 3.27. The van der Waals surface area contributed by atoms with Crippen LogP contribution in [0.5, 0.6) is 0 Å². The van der Waals surface area contributed by atoms with Gasteiger partial charge in [0.15, 0.2) is 0 Å². The van der Waals surface area contributed by atoms with Crippen molar-refractivity contribution in [2.24, 2.45) is 10.8 Å². The Morgan fingerprint density at radius 3 is 1.61 bits per heavy atom. The van der Waals surface area contributed by atoms with Crippen molar-refractivity contribution in [1.29, 1.82) is 0 Å². The highest BCUT2D eigenvalue weighted by atomic mass is 35.5. The van der Waals surface area contributed by atoms with E-state index in [9.17, 15) is 22.4 Å². The minimum absolute atomic E-state index is 0. The Bertz CT molecular complexity index is 581. The summed E-state index contributed by atoms with van der Waals surface area (Å²) < 4.78 is 56.8. The standard InChI is InChI=1S/C12H19F2NO2.C7H11F2N.ClH/c1-10(2,3)17-9(16)15-6-4-11(5-7-15)8-12(11,13)14;8-7(9)5-6(7)1-3-10-4-2-6;/h4-8H2,1-3H3;10H,1-5H2;1H. The van der Waals surface area contributed by atoms with Crippen LogP contribution < -0.4 is 5.32 Å². The summed E-state index contributed by atoms with van der Waals surface area (Å²) in [4.78, 5) is 13.3. The Kier molecular flexibility index (Phi) is 6.29. The molecule has 2 saturated heterocycles. The molecule has 4 aliphatic rings. The Hall–Kier alpha value is -0.760. The number of hydrogen-bond acceptors (Lipinski definition) is 3. The van der Waals surface area contributed by atoms with Gasteiger partial charge in [0, 0.05) is 36.8 Å². The molecule has 2 spiro atoms. The second-order valence-electron chi connectivity index (χ2n) is 9.54. The molecule has 28 heavy (non-hydrogen) atoms. The number of likely N-dealkylation sites (tertiary alicyclic amines) is 1. The summed E-state index contributed by atoms with van der Waals surface area (Å²) in [6.45, 7) is 7.70. The maximum absolute atomic E-state index is 13.1. The van der Waals surface area contributed by atoms with E-state index in [-0.39, 0.29) is 25.2 Å². The van der Waals surface area contributed by atoms with Crippen LogP contribution in [-0.4, -0.2) is 54.6 Å². The SMILES string of the molecule is CC(C)(C)OC(=O)N1CCC2(CC1)CC2(F)F.Cl.FC1(F)CC12CCNCC2. The number of nitrogens with zero attached hydrogens (tertiary/aromatic N) is 1. The van der Waals surface area contributed by atoms with Crippen LogP contribution in [0.1, 0.15) is 59.3 Å². The molecule has 1 amide bonds. The number of piperidine rings is 2. The monoisotopic (exact) mass is 430 g/mol. The van der Waals surface area contributed by atoms with Gasteiger partial charge in [-0.3, -0.25) is 0 Å². The van der Waals surface area contributed by atoms with Crippen molar-refractivity contribution in [3.63, 3.8) is 0 Å². The Balaban J connectivity index is 0.000000217. The second kappa shape index (κ2) is 7.49. The Morgan fingerprint density at radius 2 is 1.29 bits per heavy atom. The van der Waals surface area contributed by atoms with Gasteiger partial charge >= 0.3 is 6.09 Å². The van der Waals surface area contributed by atoms with Crippen molar-refractivity contribution in [2.45, 2.75) is 76.7 Å². The fraction of sp³-hybridized carbons (Fsp3) is 0.947. The van der Waals surface area contributed by atoms with Gasteiger partial charge in [-0.15, -0.1) is 12.4 Å². The summed E-state index contributed by atoms with van der Waals surface area (Å²) in [6, 6.07) is 0. The molecular formula is C19H31ClF4N2O2. The van der Waals surface area contributed by atoms with Crippen LogP contribution in [0.4, 0.5) is 22.4 Å². The molecule has 0 bridgehead atoms. The number of nitrogens with one attached hydrogen (secondary N) is 1. The fourth-order valence-electron chi connectivity index (χ4n) is 4.20. The molecular weight excluding hydrogens is 400 g/mol. The number of halogens is 5. The van der Waals surface area contributed by atoms with Crippen LogP contribution in [0.2, 0.25) is 0 Å². The second-order valence-corrected chi connectivity index (χ2v) is 9.54. The first-order valence-electron chi connectivity index (χ1n) is 9.76. The molecule has 1 N–H and O–H groups in total. The van der Waals surface area contributed by atoms with Crippen molar-refractivity contribution in [2.75, 3.05) is 26.2 Å². The zero-order valence-corrected chi connectivity index (χ0v) is 17.6. The predicted molar refractivity (Wildman–Crippen MR) is 100 cm³/mol. The minimum atomic E-state index is -2.51. The number of carbonyl (C=O) groups is 1. The highest BCUT2D eigenvalue weighted by Crippen LogP contribution is 2.66. The van der Waals surface area contributed by atoms with Crippen LogP contribution >= 0.6 is 12.4 Å². The third-order valence-electron chi connectivity index (χ3n) is 6.36. The third-order valence-corrected chi connectivity index (χ3v) is 6.36. The quantitative estimate of drug-likeness (QED) is 0.558. The summed E-state index contributed by atoms with van der Waals surface area (Å²) in [7, 11) is 0. The van der Waals surface area contributed by atoms with Gasteiger partial charge in [0.25, 0.3) is 11.8 Å². The van der Waals surface area contributed by atoms with E-state index in [1.54, 1.807) is 20.8 Å². The van der Waals surface area contributed by atoms with Gasteiger partial charge in [0.05, 0.1) is 0 Å². The molecule has 0 aromatic carbocycles. The van der Waals surface area contributed by atoms with E-state index < -0.39 is 34.4 Å². The largest absolute Gasteiger partial charge is 0.444 e. The lowest BCUT2D eigenvalue weighted by molar-refractivity contribution is 0.00121. The smallest absolute Gasteiger partial charge is 0.410 e. The lowest BCUT2D eigenvalue weighted by Crippen LogP contribution is -2.43. The summed E-state index contributed by atoms with van der Waals surface area (Å²) in [5, 5.41) is 3.08. The van der Waals surface area contributed by atoms with Crippen LogP contribution in [0, 0.1) is 10.8 Å². The molecule has 0 aromatic rings. The molecule has 4 rings (SSSR count). The van der Waals surface area contributed by atoms with Crippen molar-refractivity contribution >= 4 is 18.5 Å². The minimum Gasteiger partial charge on any atom is -0.444 e. The van der Waals surface area contributed by atoms with E-state index in [0.717, 1.165) is 13.1 Å². The van der Waals surface area contributed by atoms with Crippen LogP contribution in [0.25, 0.3) is 0 Å². The van der Waals surface area contributed by atoms with Crippen LogP contribution in [-0.2, 0) is 4.74 Å². The predicted octanol–water partition coefficient (Wildman–Crippen LogP) is 4.86. The first-order chi connectivity index (χ1) is 12.3. The van der Waals surface area contributed by atoms with Gasteiger partial charge in [-0.05, 0) is 59.5 Å².